The number of nitrogens with two attached hydrogens (primary N) is 1. The van der Waals surface area contributed by atoms with E-state index in [0.717, 1.165) is 25.8 Å². The van der Waals surface area contributed by atoms with Gasteiger partial charge >= 0.3 is 0 Å². The van der Waals surface area contributed by atoms with Crippen molar-refractivity contribution in [1.82, 2.24) is 4.90 Å². The molecule has 0 aromatic rings. The van der Waals surface area contributed by atoms with Gasteiger partial charge in [0.1, 0.15) is 0 Å². The highest BCUT2D eigenvalue weighted by Crippen LogP contribution is 2.16. The lowest BCUT2D eigenvalue weighted by molar-refractivity contribution is -0.124. The summed E-state index contributed by atoms with van der Waals surface area (Å²) in [5.74, 6) is -0.252. The first-order chi connectivity index (χ1) is 6.25. The van der Waals surface area contributed by atoms with Crippen molar-refractivity contribution >= 4 is 5.91 Å². The molecule has 1 amide bonds. The molecule has 0 radical (unpaired) electrons. The van der Waals surface area contributed by atoms with Crippen LogP contribution in [-0.2, 0) is 4.79 Å². The average molecular weight is 181 g/mol. The van der Waals surface area contributed by atoms with Crippen molar-refractivity contribution in [3.05, 3.63) is 0 Å². The van der Waals surface area contributed by atoms with Crippen molar-refractivity contribution < 1.29 is 4.79 Å². The molecule has 4 heteroatoms. The molecule has 1 atom stereocenters. The quantitative estimate of drug-likeness (QED) is 0.678. The van der Waals surface area contributed by atoms with Crippen LogP contribution in [0, 0.1) is 11.3 Å². The molecule has 1 unspecified atom stereocenters. The second kappa shape index (κ2) is 4.83. The van der Waals surface area contributed by atoms with Crippen LogP contribution in [0.2, 0.25) is 0 Å². The van der Waals surface area contributed by atoms with E-state index in [-0.39, 0.29) is 11.9 Å². The van der Waals surface area contributed by atoms with Crippen molar-refractivity contribution in [1.29, 1.82) is 5.26 Å². The van der Waals surface area contributed by atoms with Crippen LogP contribution in [-0.4, -0.2) is 29.9 Å². The Balaban J connectivity index is 2.47. The molecule has 1 fully saturated rings. The first kappa shape index (κ1) is 10.0. The molecule has 4 nitrogen and oxygen atoms in total. The highest BCUT2D eigenvalue weighted by atomic mass is 16.1. The van der Waals surface area contributed by atoms with Crippen molar-refractivity contribution in [3.63, 3.8) is 0 Å². The Hall–Kier alpha value is -1.08. The summed E-state index contributed by atoms with van der Waals surface area (Å²) in [7, 11) is 0. The topological polar surface area (TPSA) is 70.1 Å². The molecule has 1 heterocycles. The molecule has 1 rings (SSSR count). The van der Waals surface area contributed by atoms with Gasteiger partial charge < -0.3 is 5.73 Å². The van der Waals surface area contributed by atoms with Crippen molar-refractivity contribution in [2.24, 2.45) is 5.73 Å². The van der Waals surface area contributed by atoms with Gasteiger partial charge in [-0.3, -0.25) is 9.69 Å². The number of rotatable bonds is 3. The van der Waals surface area contributed by atoms with E-state index in [1.807, 2.05) is 4.90 Å². The first-order valence-corrected chi connectivity index (χ1v) is 4.66. The molecule has 13 heavy (non-hydrogen) atoms. The lowest BCUT2D eigenvalue weighted by atomic mass is 10.0. The molecular weight excluding hydrogens is 166 g/mol. The van der Waals surface area contributed by atoms with Gasteiger partial charge in [-0.05, 0) is 19.4 Å². The van der Waals surface area contributed by atoms with E-state index in [9.17, 15) is 4.79 Å². The summed E-state index contributed by atoms with van der Waals surface area (Å²) < 4.78 is 0. The van der Waals surface area contributed by atoms with Gasteiger partial charge in [0.15, 0.2) is 0 Å². The Morgan fingerprint density at radius 2 is 2.38 bits per heavy atom. The molecular formula is C9H15N3O. The number of nitriles is 1. The van der Waals surface area contributed by atoms with E-state index in [0.29, 0.717) is 13.0 Å². The molecule has 0 aromatic carbocycles. The summed E-state index contributed by atoms with van der Waals surface area (Å²) in [6, 6.07) is 1.94. The van der Waals surface area contributed by atoms with E-state index in [4.69, 9.17) is 11.0 Å². The fourth-order valence-corrected chi connectivity index (χ4v) is 1.77. The van der Waals surface area contributed by atoms with E-state index < -0.39 is 0 Å². The molecule has 0 spiro atoms. The number of hydrogen-bond donors (Lipinski definition) is 1. The highest BCUT2D eigenvalue weighted by molar-refractivity contribution is 5.79. The predicted octanol–water partition coefficient (Wildman–Crippen LogP) is 0.240. The maximum atomic E-state index is 11.0. The Morgan fingerprint density at radius 1 is 1.62 bits per heavy atom. The second-order valence-electron chi connectivity index (χ2n) is 3.36. The van der Waals surface area contributed by atoms with E-state index in [2.05, 4.69) is 6.07 Å². The summed E-state index contributed by atoms with van der Waals surface area (Å²) in [6.45, 7) is 1.57. The molecule has 0 aliphatic carbocycles. The van der Waals surface area contributed by atoms with Crippen molar-refractivity contribution in [2.75, 3.05) is 13.1 Å². The molecule has 1 saturated heterocycles. The average Bonchev–Trinajstić information content (AvgIpc) is 2.15. The van der Waals surface area contributed by atoms with Crippen LogP contribution < -0.4 is 5.73 Å². The molecule has 1 aliphatic heterocycles. The minimum Gasteiger partial charge on any atom is -0.368 e. The normalized spacial score (nSPS) is 23.8. The third-order valence-electron chi connectivity index (χ3n) is 2.45. The molecule has 0 aromatic heterocycles. The zero-order valence-corrected chi connectivity index (χ0v) is 7.70. The van der Waals surface area contributed by atoms with Gasteiger partial charge in [0.25, 0.3) is 0 Å². The van der Waals surface area contributed by atoms with Gasteiger partial charge in [0.2, 0.25) is 5.91 Å². The molecule has 0 bridgehead atoms. The van der Waals surface area contributed by atoms with Crippen LogP contribution in [0.15, 0.2) is 0 Å². The van der Waals surface area contributed by atoms with Crippen LogP contribution in [0.4, 0.5) is 0 Å². The first-order valence-electron chi connectivity index (χ1n) is 4.66. The monoisotopic (exact) mass is 181 g/mol. The molecule has 72 valence electrons. The standard InChI is InChI=1S/C9H15N3O/c10-5-3-7-12-6-2-1-4-8(12)9(11)13/h8H,1-4,6-7H2,(H2,11,13). The number of nitrogens with zero attached hydrogens (tertiary/aromatic N) is 2. The Bertz CT molecular complexity index is 221. The maximum absolute atomic E-state index is 11.0. The van der Waals surface area contributed by atoms with E-state index >= 15 is 0 Å². The zero-order chi connectivity index (χ0) is 9.68. The van der Waals surface area contributed by atoms with Gasteiger partial charge in [-0.1, -0.05) is 6.42 Å². The third kappa shape index (κ3) is 2.71. The van der Waals surface area contributed by atoms with Gasteiger partial charge in [-0.25, -0.2) is 0 Å². The number of likely N-dealkylation sites (tertiary alicyclic amines) is 1. The minimum atomic E-state index is -0.252. The smallest absolute Gasteiger partial charge is 0.234 e. The van der Waals surface area contributed by atoms with Gasteiger partial charge in [-0.2, -0.15) is 5.26 Å². The summed E-state index contributed by atoms with van der Waals surface area (Å²) in [6.07, 6.45) is 3.50. The summed E-state index contributed by atoms with van der Waals surface area (Å²) in [4.78, 5) is 13.0. The van der Waals surface area contributed by atoms with E-state index in [1.165, 1.54) is 0 Å². The maximum Gasteiger partial charge on any atom is 0.234 e. The molecule has 2 N–H and O–H groups in total. The number of primary amides is 1. The largest absolute Gasteiger partial charge is 0.368 e. The Kier molecular flexibility index (Phi) is 3.71. The van der Waals surface area contributed by atoms with Crippen LogP contribution in [0.25, 0.3) is 0 Å². The zero-order valence-electron chi connectivity index (χ0n) is 7.70. The van der Waals surface area contributed by atoms with Gasteiger partial charge in [0, 0.05) is 13.0 Å². The summed E-state index contributed by atoms with van der Waals surface area (Å²) >= 11 is 0. The lowest BCUT2D eigenvalue weighted by Gasteiger charge is -2.32. The molecule has 0 saturated carbocycles. The van der Waals surface area contributed by atoms with Crippen molar-refractivity contribution in [3.8, 4) is 6.07 Å². The number of hydrogen-bond acceptors (Lipinski definition) is 3. The third-order valence-corrected chi connectivity index (χ3v) is 2.45. The van der Waals surface area contributed by atoms with E-state index in [1.54, 1.807) is 0 Å². The van der Waals surface area contributed by atoms with Crippen LogP contribution in [0.1, 0.15) is 25.7 Å². The number of amides is 1. The van der Waals surface area contributed by atoms with Crippen LogP contribution >= 0.6 is 0 Å². The molecule has 1 aliphatic rings. The number of piperidine rings is 1. The SMILES string of the molecule is N#CCCN1CCCCC1C(N)=O. The highest BCUT2D eigenvalue weighted by Gasteiger charge is 2.25. The van der Waals surface area contributed by atoms with Crippen LogP contribution in [0.3, 0.4) is 0 Å². The number of carbonyl (C=O) groups is 1. The van der Waals surface area contributed by atoms with Gasteiger partial charge in [-0.15, -0.1) is 0 Å². The second-order valence-corrected chi connectivity index (χ2v) is 3.36. The summed E-state index contributed by atoms with van der Waals surface area (Å²) in [5, 5.41) is 8.43. The number of carbonyl (C=O) groups excluding carboxylic acids is 1. The fourth-order valence-electron chi connectivity index (χ4n) is 1.77. The van der Waals surface area contributed by atoms with Gasteiger partial charge in [0.05, 0.1) is 12.1 Å². The Labute approximate surface area is 78.3 Å². The van der Waals surface area contributed by atoms with Crippen LogP contribution in [0.5, 0.6) is 0 Å². The minimum absolute atomic E-state index is 0.137. The van der Waals surface area contributed by atoms with Crippen molar-refractivity contribution in [2.45, 2.75) is 31.7 Å². The Morgan fingerprint density at radius 3 is 3.00 bits per heavy atom. The predicted molar refractivity (Wildman–Crippen MR) is 48.6 cm³/mol. The summed E-state index contributed by atoms with van der Waals surface area (Å²) in [5.41, 5.74) is 5.27. The lowest BCUT2D eigenvalue weighted by Crippen LogP contribution is -2.47. The fraction of sp³-hybridized carbons (Fsp3) is 0.778.